The summed E-state index contributed by atoms with van der Waals surface area (Å²) < 4.78 is 31.0. The van der Waals surface area contributed by atoms with E-state index in [1.807, 2.05) is 95.7 Å². The molecule has 0 amide bonds. The molecule has 0 saturated carbocycles. The van der Waals surface area contributed by atoms with E-state index in [-0.39, 0.29) is 31.8 Å². The first-order valence-electron chi connectivity index (χ1n) is 14.7. The van der Waals surface area contributed by atoms with E-state index in [0.717, 1.165) is 38.8 Å². The molecule has 5 nitrogen and oxygen atoms in total. The van der Waals surface area contributed by atoms with Crippen molar-refractivity contribution in [1.82, 2.24) is 9.97 Å². The Balaban J connectivity index is 0.000000231. The van der Waals surface area contributed by atoms with Gasteiger partial charge in [-0.15, -0.1) is 42.0 Å². The molecule has 1 aliphatic heterocycles. The van der Waals surface area contributed by atoms with Crippen LogP contribution in [0.15, 0.2) is 137 Å². The second kappa shape index (κ2) is 12.0. The number of rotatable bonds is 3. The Morgan fingerprint density at radius 1 is 0.786 bits per heavy atom. The van der Waals surface area contributed by atoms with Gasteiger partial charge in [0.05, 0.1) is 11.1 Å². The number of pyridine rings is 2. The molecule has 3 aromatic heterocycles. The summed E-state index contributed by atoms with van der Waals surface area (Å²) in [4.78, 5) is 8.49. The molecule has 6 heteroatoms. The summed E-state index contributed by atoms with van der Waals surface area (Å²) in [6.07, 6.45) is 1.79. The van der Waals surface area contributed by atoms with Crippen LogP contribution in [0, 0.1) is 19.0 Å². The van der Waals surface area contributed by atoms with Gasteiger partial charge in [-0.05, 0) is 48.0 Å². The van der Waals surface area contributed by atoms with Gasteiger partial charge in [-0.1, -0.05) is 64.7 Å². The van der Waals surface area contributed by atoms with Crippen LogP contribution in [0.3, 0.4) is 0 Å². The molecule has 0 spiro atoms. The van der Waals surface area contributed by atoms with Crippen LogP contribution in [0.2, 0.25) is 0 Å². The molecule has 4 aromatic carbocycles. The normalized spacial score (nSPS) is 14.9. The van der Waals surface area contributed by atoms with Gasteiger partial charge in [0.25, 0.3) is 0 Å². The first-order chi connectivity index (χ1) is 21.5. The second-order valence-electron chi connectivity index (χ2n) is 9.53. The van der Waals surface area contributed by atoms with Gasteiger partial charge in [-0.25, -0.2) is 4.98 Å². The molecule has 42 heavy (non-hydrogen) atoms. The van der Waals surface area contributed by atoms with Crippen molar-refractivity contribution in [2.24, 2.45) is 5.11 Å². The van der Waals surface area contributed by atoms with Crippen LogP contribution in [-0.4, -0.2) is 14.7 Å². The molecular formula is C36H25IrN4O-. The van der Waals surface area contributed by atoms with E-state index in [1.165, 1.54) is 6.07 Å². The van der Waals surface area contributed by atoms with E-state index in [1.54, 1.807) is 12.3 Å². The quantitative estimate of drug-likeness (QED) is 0.135. The number of azo groups is 2. The number of hydrogen-bond acceptors (Lipinski definition) is 4. The molecule has 7 aromatic rings. The molecule has 1 atom stereocenters. The van der Waals surface area contributed by atoms with Crippen LogP contribution in [0.25, 0.3) is 33.3 Å². The maximum atomic E-state index is 7.66. The second-order valence-corrected chi connectivity index (χ2v) is 9.53. The average Bonchev–Trinajstić information content (AvgIpc) is 3.64. The molecule has 0 saturated heterocycles. The third-order valence-corrected chi connectivity index (χ3v) is 6.96. The Hall–Kier alpha value is -4.77. The zero-order valence-electron chi connectivity index (χ0n) is 25.2. The van der Waals surface area contributed by atoms with Crippen molar-refractivity contribution in [3.8, 4) is 11.3 Å². The van der Waals surface area contributed by atoms with Crippen LogP contribution >= 0.6 is 0 Å². The molecule has 8 rings (SSSR count). The maximum absolute atomic E-state index is 7.66. The molecule has 1 aliphatic rings. The van der Waals surface area contributed by atoms with Gasteiger partial charge in [0.15, 0.2) is 5.69 Å². The standard InChI is InChI=1S/C25H17N3O.C11H8N.Ir/c1-16-14-15-19-18-11-7-13-22(24(18)29-25(19)26-16)28-23(17-8-3-2-4-9-17)20-10-5-6-12-21(20)27-28;1-2-6-10(7-3-1)11-8-4-5-9-12-11;/h2-12,14-15,23H,1H3;1-6,8-9H;/q;-1;/i1D3;;. The largest absolute Gasteiger partial charge is 0.495 e. The minimum absolute atomic E-state index is 0. The SMILES string of the molecule is [2H]C([2H])([2H])c1ccc2c(n1)oc1c([N+]3=Nc4ccccc4C3c3ccccc3)[c-]ccc12.[Ir].[c-]1ccccc1-c1ccccn1. The van der Waals surface area contributed by atoms with Gasteiger partial charge < -0.3 is 9.40 Å². The Labute approximate surface area is 261 Å². The smallest absolute Gasteiger partial charge is 0.235 e. The minimum Gasteiger partial charge on any atom is -0.495 e. The molecule has 0 aliphatic carbocycles. The summed E-state index contributed by atoms with van der Waals surface area (Å²) in [5.41, 5.74) is 6.67. The molecule has 1 radical (unpaired) electrons. The van der Waals surface area contributed by atoms with Gasteiger partial charge in [0.1, 0.15) is 5.69 Å². The Morgan fingerprint density at radius 3 is 2.43 bits per heavy atom. The number of aryl methyl sites for hydroxylation is 1. The molecule has 205 valence electrons. The molecular weight excluding hydrogens is 697 g/mol. The van der Waals surface area contributed by atoms with E-state index < -0.39 is 6.85 Å². The molecule has 0 N–H and O–H groups in total. The third-order valence-electron chi connectivity index (χ3n) is 6.96. The number of benzene rings is 4. The average molecular weight is 725 g/mol. The van der Waals surface area contributed by atoms with Crippen LogP contribution in [-0.2, 0) is 20.1 Å². The monoisotopic (exact) mass is 725 g/mol. The van der Waals surface area contributed by atoms with Gasteiger partial charge in [-0.2, -0.15) is 12.1 Å². The van der Waals surface area contributed by atoms with Crippen molar-refractivity contribution in [1.29, 1.82) is 0 Å². The van der Waals surface area contributed by atoms with Crippen molar-refractivity contribution in [2.45, 2.75) is 12.9 Å². The van der Waals surface area contributed by atoms with Crippen molar-refractivity contribution < 1.29 is 33.3 Å². The summed E-state index contributed by atoms with van der Waals surface area (Å²) in [6, 6.07) is 45.3. The summed E-state index contributed by atoms with van der Waals surface area (Å²) in [6.45, 7) is -2.30. The maximum Gasteiger partial charge on any atom is 0.235 e. The Kier molecular flexibility index (Phi) is 6.82. The van der Waals surface area contributed by atoms with Gasteiger partial charge in [-0.3, -0.25) is 0 Å². The fourth-order valence-electron chi connectivity index (χ4n) is 5.10. The number of furan rings is 1. The predicted molar refractivity (Wildman–Crippen MR) is 160 cm³/mol. The van der Waals surface area contributed by atoms with Crippen LogP contribution in [0.4, 0.5) is 11.4 Å². The van der Waals surface area contributed by atoms with E-state index >= 15 is 0 Å². The zero-order valence-corrected chi connectivity index (χ0v) is 24.6. The van der Waals surface area contributed by atoms with Gasteiger partial charge in [0, 0.05) is 47.1 Å². The zero-order chi connectivity index (χ0) is 30.1. The van der Waals surface area contributed by atoms with Gasteiger partial charge in [0.2, 0.25) is 11.8 Å². The van der Waals surface area contributed by atoms with Crippen molar-refractivity contribution in [3.63, 3.8) is 0 Å². The minimum atomic E-state index is -2.30. The first kappa shape index (κ1) is 23.9. The number of aromatic nitrogens is 2. The van der Waals surface area contributed by atoms with Crippen LogP contribution in [0.1, 0.15) is 27.0 Å². The number of hydrogen-bond donors (Lipinski definition) is 0. The van der Waals surface area contributed by atoms with Crippen molar-refractivity contribution >= 4 is 33.4 Å². The molecule has 4 heterocycles. The fourth-order valence-corrected chi connectivity index (χ4v) is 5.10. The summed E-state index contributed by atoms with van der Waals surface area (Å²) in [5.74, 6) is 0. The molecule has 1 unspecified atom stereocenters. The Morgan fingerprint density at radius 2 is 1.62 bits per heavy atom. The summed E-state index contributed by atoms with van der Waals surface area (Å²) in [7, 11) is 0. The van der Waals surface area contributed by atoms with Crippen molar-refractivity contribution in [3.05, 3.63) is 156 Å². The van der Waals surface area contributed by atoms with Crippen molar-refractivity contribution in [2.75, 3.05) is 0 Å². The van der Waals surface area contributed by atoms with Crippen LogP contribution in [0.5, 0.6) is 0 Å². The van der Waals surface area contributed by atoms with Gasteiger partial charge >= 0.3 is 0 Å². The topological polar surface area (TPSA) is 54.3 Å². The predicted octanol–water partition coefficient (Wildman–Crippen LogP) is 9.17. The third kappa shape index (κ3) is 5.18. The van der Waals surface area contributed by atoms with Crippen LogP contribution < -0.4 is 0 Å². The fraction of sp³-hybridized carbons (Fsp3) is 0.0556. The van der Waals surface area contributed by atoms with E-state index in [4.69, 9.17) is 13.6 Å². The number of fused-ring (bicyclic) bond motifs is 4. The summed E-state index contributed by atoms with van der Waals surface area (Å²) >= 11 is 0. The van der Waals surface area contributed by atoms with E-state index in [0.29, 0.717) is 17.0 Å². The molecule has 0 fully saturated rings. The number of nitrogens with zero attached hydrogens (tertiary/aromatic N) is 4. The Bertz CT molecular complexity index is 2080. The summed E-state index contributed by atoms with van der Waals surface area (Å²) in [5, 5.41) is 6.49. The van der Waals surface area contributed by atoms with E-state index in [9.17, 15) is 0 Å². The molecule has 0 bridgehead atoms. The van der Waals surface area contributed by atoms with E-state index in [2.05, 4.69) is 40.3 Å². The first-order valence-corrected chi connectivity index (χ1v) is 13.2.